The Morgan fingerprint density at radius 3 is 2.76 bits per heavy atom. The Kier molecular flexibility index (Phi) is 4.07. The standard InChI is InChI=1S/C19H23N9O/c1-3-14-18-24-23-11(2)27(18)15-10-21-19(26-9-8-13(25-26)16(20)29)22-17(15)28(14)12-6-4-5-7-12/h8-10,12,14H,3-7H2,1-2H3,(H2,20,29). The molecule has 1 aliphatic carbocycles. The van der Waals surface area contributed by atoms with E-state index in [-0.39, 0.29) is 11.7 Å². The average Bonchev–Trinajstić information content (AvgIpc) is 3.47. The number of carbonyl (C=O) groups is 1. The van der Waals surface area contributed by atoms with E-state index in [1.54, 1.807) is 18.5 Å². The number of rotatable bonds is 4. The number of nitrogens with zero attached hydrogens (tertiary/aromatic N) is 8. The first-order chi connectivity index (χ1) is 14.1. The number of hydrogen-bond acceptors (Lipinski definition) is 7. The molecule has 3 aromatic heterocycles. The van der Waals surface area contributed by atoms with E-state index in [0.29, 0.717) is 12.0 Å². The van der Waals surface area contributed by atoms with Crippen LogP contribution in [0.5, 0.6) is 0 Å². The summed E-state index contributed by atoms with van der Waals surface area (Å²) in [5.74, 6) is 2.45. The number of anilines is 1. The number of aryl methyl sites for hydroxylation is 1. The van der Waals surface area contributed by atoms with Crippen molar-refractivity contribution in [3.63, 3.8) is 0 Å². The third kappa shape index (κ3) is 2.70. The topological polar surface area (TPSA) is 121 Å². The summed E-state index contributed by atoms with van der Waals surface area (Å²) in [6.45, 7) is 4.11. The Bertz CT molecular complexity index is 1080. The number of nitrogens with two attached hydrogens (primary N) is 1. The molecule has 0 aromatic carbocycles. The molecule has 1 saturated carbocycles. The molecule has 1 aliphatic heterocycles. The third-order valence-corrected chi connectivity index (χ3v) is 5.86. The zero-order chi connectivity index (χ0) is 20.1. The predicted molar refractivity (Wildman–Crippen MR) is 105 cm³/mol. The fourth-order valence-electron chi connectivity index (χ4n) is 4.54. The fraction of sp³-hybridized carbons (Fsp3) is 0.474. The Balaban J connectivity index is 1.68. The molecular formula is C19H23N9O. The number of fused-ring (bicyclic) bond motifs is 3. The lowest BCUT2D eigenvalue weighted by Gasteiger charge is -2.41. The number of carbonyl (C=O) groups excluding carboxylic acids is 1. The van der Waals surface area contributed by atoms with Crippen molar-refractivity contribution >= 4 is 11.7 Å². The van der Waals surface area contributed by atoms with E-state index in [0.717, 1.165) is 42.4 Å². The summed E-state index contributed by atoms with van der Waals surface area (Å²) in [5, 5.41) is 13.0. The molecule has 0 saturated heterocycles. The molecule has 1 amide bonds. The number of aromatic nitrogens is 7. The van der Waals surface area contributed by atoms with Crippen LogP contribution in [0.25, 0.3) is 11.6 Å². The molecule has 1 unspecified atom stereocenters. The Labute approximate surface area is 167 Å². The minimum atomic E-state index is -0.579. The molecule has 2 N–H and O–H groups in total. The smallest absolute Gasteiger partial charge is 0.269 e. The van der Waals surface area contributed by atoms with Gasteiger partial charge in [0.05, 0.1) is 12.2 Å². The monoisotopic (exact) mass is 393 g/mol. The molecule has 10 nitrogen and oxygen atoms in total. The van der Waals surface area contributed by atoms with E-state index in [2.05, 4.69) is 36.7 Å². The van der Waals surface area contributed by atoms with Gasteiger partial charge in [0, 0.05) is 12.2 Å². The van der Waals surface area contributed by atoms with Gasteiger partial charge in [0.2, 0.25) is 0 Å². The molecule has 150 valence electrons. The van der Waals surface area contributed by atoms with Gasteiger partial charge in [-0.05, 0) is 32.3 Å². The van der Waals surface area contributed by atoms with Gasteiger partial charge in [-0.3, -0.25) is 9.36 Å². The maximum atomic E-state index is 11.4. The van der Waals surface area contributed by atoms with Gasteiger partial charge in [0.25, 0.3) is 11.9 Å². The first-order valence-electron chi connectivity index (χ1n) is 10.0. The fourth-order valence-corrected chi connectivity index (χ4v) is 4.54. The largest absolute Gasteiger partial charge is 0.364 e. The highest BCUT2D eigenvalue weighted by Crippen LogP contribution is 2.43. The SMILES string of the molecule is CCC1c2nnc(C)n2-c2cnc(-n3ccc(C(N)=O)n3)nc2N1C1CCCC1. The van der Waals surface area contributed by atoms with Gasteiger partial charge in [0.1, 0.15) is 17.2 Å². The van der Waals surface area contributed by atoms with Crippen LogP contribution < -0.4 is 10.6 Å². The molecule has 0 bridgehead atoms. The molecular weight excluding hydrogens is 370 g/mol. The van der Waals surface area contributed by atoms with Gasteiger partial charge in [0.15, 0.2) is 11.6 Å². The minimum Gasteiger partial charge on any atom is -0.364 e. The zero-order valence-electron chi connectivity index (χ0n) is 16.5. The lowest BCUT2D eigenvalue weighted by Crippen LogP contribution is -2.42. The first kappa shape index (κ1) is 17.8. The Morgan fingerprint density at radius 1 is 1.28 bits per heavy atom. The highest BCUT2D eigenvalue weighted by atomic mass is 16.1. The molecule has 29 heavy (non-hydrogen) atoms. The highest BCUT2D eigenvalue weighted by molar-refractivity contribution is 5.90. The normalized spacial score (nSPS) is 18.7. The number of hydrogen-bond donors (Lipinski definition) is 1. The van der Waals surface area contributed by atoms with Crippen LogP contribution in [0.1, 0.15) is 67.2 Å². The van der Waals surface area contributed by atoms with Crippen LogP contribution in [0.4, 0.5) is 5.82 Å². The van der Waals surface area contributed by atoms with E-state index in [9.17, 15) is 4.79 Å². The van der Waals surface area contributed by atoms with Crippen LogP contribution in [0, 0.1) is 6.92 Å². The Hall–Kier alpha value is -3.30. The van der Waals surface area contributed by atoms with Crippen LogP contribution in [-0.2, 0) is 0 Å². The second-order valence-electron chi connectivity index (χ2n) is 7.60. The van der Waals surface area contributed by atoms with Crippen molar-refractivity contribution in [1.29, 1.82) is 0 Å². The lowest BCUT2D eigenvalue weighted by atomic mass is 10.0. The van der Waals surface area contributed by atoms with E-state index < -0.39 is 5.91 Å². The molecule has 1 atom stereocenters. The summed E-state index contributed by atoms with van der Waals surface area (Å²) in [5.41, 5.74) is 6.40. The molecule has 0 spiro atoms. The summed E-state index contributed by atoms with van der Waals surface area (Å²) in [6, 6.07) is 2.08. The van der Waals surface area contributed by atoms with Gasteiger partial charge in [-0.2, -0.15) is 10.1 Å². The Morgan fingerprint density at radius 2 is 2.07 bits per heavy atom. The summed E-state index contributed by atoms with van der Waals surface area (Å²) in [7, 11) is 0. The highest BCUT2D eigenvalue weighted by Gasteiger charge is 2.39. The summed E-state index contributed by atoms with van der Waals surface area (Å²) >= 11 is 0. The van der Waals surface area contributed by atoms with Gasteiger partial charge in [-0.15, -0.1) is 10.2 Å². The van der Waals surface area contributed by atoms with E-state index in [1.807, 2.05) is 6.92 Å². The second-order valence-corrected chi connectivity index (χ2v) is 7.60. The van der Waals surface area contributed by atoms with Gasteiger partial charge < -0.3 is 10.6 Å². The van der Waals surface area contributed by atoms with Crippen molar-refractivity contribution in [2.45, 2.75) is 58.0 Å². The molecule has 5 rings (SSSR count). The number of amides is 1. The van der Waals surface area contributed by atoms with Gasteiger partial charge in [-0.25, -0.2) is 9.67 Å². The van der Waals surface area contributed by atoms with Crippen LogP contribution in [0.2, 0.25) is 0 Å². The van der Waals surface area contributed by atoms with Crippen LogP contribution >= 0.6 is 0 Å². The van der Waals surface area contributed by atoms with Gasteiger partial charge >= 0.3 is 0 Å². The van der Waals surface area contributed by atoms with Crippen molar-refractivity contribution < 1.29 is 4.79 Å². The predicted octanol–water partition coefficient (Wildman–Crippen LogP) is 1.86. The van der Waals surface area contributed by atoms with E-state index in [1.165, 1.54) is 17.5 Å². The quantitative estimate of drug-likeness (QED) is 0.718. The minimum absolute atomic E-state index is 0.105. The molecule has 2 aliphatic rings. The maximum absolute atomic E-state index is 11.4. The number of primary amides is 1. The van der Waals surface area contributed by atoms with Crippen LogP contribution in [0.3, 0.4) is 0 Å². The van der Waals surface area contributed by atoms with Crippen molar-refractivity contribution in [2.75, 3.05) is 4.90 Å². The van der Waals surface area contributed by atoms with Crippen LogP contribution in [0.15, 0.2) is 18.5 Å². The van der Waals surface area contributed by atoms with Gasteiger partial charge in [-0.1, -0.05) is 19.8 Å². The molecule has 0 radical (unpaired) electrons. The summed E-state index contributed by atoms with van der Waals surface area (Å²) in [4.78, 5) is 23.2. The first-order valence-corrected chi connectivity index (χ1v) is 10.0. The summed E-state index contributed by atoms with van der Waals surface area (Å²) in [6.07, 6.45) is 9.05. The molecule has 10 heteroatoms. The van der Waals surface area contributed by atoms with Crippen LogP contribution in [-0.4, -0.2) is 46.5 Å². The molecule has 1 fully saturated rings. The zero-order valence-corrected chi connectivity index (χ0v) is 16.5. The van der Waals surface area contributed by atoms with E-state index >= 15 is 0 Å². The van der Waals surface area contributed by atoms with E-state index in [4.69, 9.17) is 10.7 Å². The van der Waals surface area contributed by atoms with Crippen molar-refractivity contribution in [1.82, 2.24) is 34.5 Å². The maximum Gasteiger partial charge on any atom is 0.269 e. The molecule has 3 aromatic rings. The van der Waals surface area contributed by atoms with Crippen molar-refractivity contribution in [2.24, 2.45) is 5.73 Å². The molecule has 4 heterocycles. The average molecular weight is 393 g/mol. The van der Waals surface area contributed by atoms with Crippen molar-refractivity contribution in [3.05, 3.63) is 35.8 Å². The lowest BCUT2D eigenvalue weighted by molar-refractivity contribution is 0.0995. The third-order valence-electron chi connectivity index (χ3n) is 5.86. The van der Waals surface area contributed by atoms with Crippen molar-refractivity contribution in [3.8, 4) is 11.6 Å². The summed E-state index contributed by atoms with van der Waals surface area (Å²) < 4.78 is 3.54. The second kappa shape index (κ2) is 6.64.